The quantitative estimate of drug-likeness (QED) is 0.431. The van der Waals surface area contributed by atoms with Crippen LogP contribution in [0, 0.1) is 11.8 Å². The van der Waals surface area contributed by atoms with Crippen molar-refractivity contribution in [3.8, 4) is 0 Å². The Balaban J connectivity index is 3.14. The van der Waals surface area contributed by atoms with E-state index in [-0.39, 0.29) is 23.3 Å². The molecule has 7 heteroatoms. The lowest BCUT2D eigenvalue weighted by atomic mass is 9.84. The summed E-state index contributed by atoms with van der Waals surface area (Å²) in [7, 11) is -3.62. The first-order chi connectivity index (χ1) is 9.51. The predicted octanol–water partition coefficient (Wildman–Crippen LogP) is 2.09. The van der Waals surface area contributed by atoms with Crippen molar-refractivity contribution in [3.63, 3.8) is 0 Å². The SMILES string of the molecule is C/C(=C\[C@H](C)[C@@H](OS(C)(=O)=O)[C@@]1(C)OC[C@@H](C)[C@@H]1Br)CO. The lowest BCUT2D eigenvalue weighted by Crippen LogP contribution is -2.51. The van der Waals surface area contributed by atoms with Crippen LogP contribution >= 0.6 is 15.9 Å². The second-order valence-electron chi connectivity index (χ2n) is 6.13. The van der Waals surface area contributed by atoms with Gasteiger partial charge in [0.05, 0.1) is 24.3 Å². The molecule has 0 bridgehead atoms. The summed E-state index contributed by atoms with van der Waals surface area (Å²) in [5.41, 5.74) is 0.0131. The zero-order valence-electron chi connectivity index (χ0n) is 13.2. The molecule has 1 aliphatic rings. The van der Waals surface area contributed by atoms with Gasteiger partial charge in [0.15, 0.2) is 0 Å². The molecule has 0 unspecified atom stereocenters. The highest BCUT2D eigenvalue weighted by molar-refractivity contribution is 9.09. The van der Waals surface area contributed by atoms with Gasteiger partial charge in [0, 0.05) is 5.92 Å². The van der Waals surface area contributed by atoms with Crippen LogP contribution < -0.4 is 0 Å². The molecule has 1 fully saturated rings. The number of aliphatic hydroxyl groups excluding tert-OH is 1. The number of alkyl halides is 1. The van der Waals surface area contributed by atoms with Crippen molar-refractivity contribution in [1.29, 1.82) is 0 Å². The van der Waals surface area contributed by atoms with Crippen molar-refractivity contribution in [2.75, 3.05) is 19.5 Å². The van der Waals surface area contributed by atoms with Gasteiger partial charge in [0.25, 0.3) is 10.1 Å². The van der Waals surface area contributed by atoms with E-state index >= 15 is 0 Å². The van der Waals surface area contributed by atoms with Gasteiger partial charge in [-0.25, -0.2) is 0 Å². The minimum atomic E-state index is -3.62. The predicted molar refractivity (Wildman–Crippen MR) is 86.0 cm³/mol. The van der Waals surface area contributed by atoms with Gasteiger partial charge in [-0.15, -0.1) is 0 Å². The molecular formula is C14H25BrO5S. The van der Waals surface area contributed by atoms with E-state index in [1.54, 1.807) is 6.92 Å². The van der Waals surface area contributed by atoms with E-state index in [0.717, 1.165) is 11.8 Å². The third-order valence-electron chi connectivity index (χ3n) is 3.82. The van der Waals surface area contributed by atoms with Crippen LogP contribution in [0.2, 0.25) is 0 Å². The van der Waals surface area contributed by atoms with Gasteiger partial charge in [-0.1, -0.05) is 41.4 Å². The van der Waals surface area contributed by atoms with Crippen LogP contribution in [0.5, 0.6) is 0 Å². The maximum absolute atomic E-state index is 11.6. The summed E-state index contributed by atoms with van der Waals surface area (Å²) in [4.78, 5) is -0.0120. The first kappa shape index (κ1) is 19.1. The standard InChI is InChI=1S/C14H25BrO5S/c1-9(7-16)6-10(2)13(20-21(5,17)18)14(4)12(15)11(3)8-19-14/h6,10-13,16H,7-8H2,1-5H3/b9-6+/t10-,11+,12-,13+,14-/m0/s1. The molecule has 5 atom stereocenters. The maximum Gasteiger partial charge on any atom is 0.264 e. The van der Waals surface area contributed by atoms with Crippen molar-refractivity contribution in [2.45, 2.75) is 44.2 Å². The van der Waals surface area contributed by atoms with E-state index in [4.69, 9.17) is 14.0 Å². The molecule has 0 aromatic carbocycles. The van der Waals surface area contributed by atoms with E-state index in [1.165, 1.54) is 0 Å². The fraction of sp³-hybridized carbons (Fsp3) is 0.857. The van der Waals surface area contributed by atoms with Gasteiger partial charge in [-0.2, -0.15) is 8.42 Å². The lowest BCUT2D eigenvalue weighted by molar-refractivity contribution is -0.0734. The fourth-order valence-corrected chi connectivity index (χ4v) is 4.05. The molecule has 0 aromatic heterocycles. The summed E-state index contributed by atoms with van der Waals surface area (Å²) in [6.07, 6.45) is 2.20. The second-order valence-corrected chi connectivity index (χ2v) is 8.71. The third-order valence-corrected chi connectivity index (χ3v) is 6.19. The summed E-state index contributed by atoms with van der Waals surface area (Å²) in [5.74, 6) is 0.0398. The number of ether oxygens (including phenoxy) is 1. The molecule has 1 saturated heterocycles. The minimum absolute atomic E-state index is 0.0120. The van der Waals surface area contributed by atoms with Crippen LogP contribution in [0.15, 0.2) is 11.6 Å². The molecule has 0 amide bonds. The van der Waals surface area contributed by atoms with Crippen LogP contribution in [-0.2, 0) is 19.0 Å². The Morgan fingerprint density at radius 2 is 2.19 bits per heavy atom. The molecule has 21 heavy (non-hydrogen) atoms. The van der Waals surface area contributed by atoms with E-state index in [1.807, 2.05) is 26.8 Å². The zero-order valence-corrected chi connectivity index (χ0v) is 15.6. The lowest BCUT2D eigenvalue weighted by Gasteiger charge is -2.38. The molecule has 0 saturated carbocycles. The molecule has 0 spiro atoms. The monoisotopic (exact) mass is 384 g/mol. The average Bonchev–Trinajstić information content (AvgIpc) is 2.63. The Labute approximate surface area is 136 Å². The Bertz CT molecular complexity index is 490. The Morgan fingerprint density at radius 1 is 1.62 bits per heavy atom. The van der Waals surface area contributed by atoms with E-state index in [9.17, 15) is 8.42 Å². The van der Waals surface area contributed by atoms with Gasteiger partial charge in [-0.05, 0) is 19.8 Å². The topological polar surface area (TPSA) is 72.8 Å². The number of halogens is 1. The molecule has 124 valence electrons. The molecule has 5 nitrogen and oxygen atoms in total. The van der Waals surface area contributed by atoms with Crippen LogP contribution in [-0.4, -0.2) is 49.5 Å². The average molecular weight is 385 g/mol. The highest BCUT2D eigenvalue weighted by Crippen LogP contribution is 2.42. The highest BCUT2D eigenvalue weighted by atomic mass is 79.9. The summed E-state index contributed by atoms with van der Waals surface area (Å²) in [5, 5.41) is 9.15. The van der Waals surface area contributed by atoms with Crippen molar-refractivity contribution in [1.82, 2.24) is 0 Å². The molecule has 0 aliphatic carbocycles. The van der Waals surface area contributed by atoms with Gasteiger partial charge in [0.2, 0.25) is 0 Å². The van der Waals surface area contributed by atoms with Crippen LogP contribution in [0.3, 0.4) is 0 Å². The summed E-state index contributed by atoms with van der Waals surface area (Å²) >= 11 is 3.62. The van der Waals surface area contributed by atoms with Crippen LogP contribution in [0.1, 0.15) is 27.7 Å². The summed E-state index contributed by atoms with van der Waals surface area (Å²) in [6, 6.07) is 0. The first-order valence-corrected chi connectivity index (χ1v) is 9.69. The zero-order chi connectivity index (χ0) is 16.4. The number of aliphatic hydroxyl groups is 1. The molecule has 0 radical (unpaired) electrons. The molecular weight excluding hydrogens is 360 g/mol. The van der Waals surface area contributed by atoms with Crippen LogP contribution in [0.4, 0.5) is 0 Å². The third kappa shape index (κ3) is 4.76. The number of hydrogen-bond donors (Lipinski definition) is 1. The summed E-state index contributed by atoms with van der Waals surface area (Å²) in [6.45, 7) is 8.05. The largest absolute Gasteiger partial charge is 0.392 e. The minimum Gasteiger partial charge on any atom is -0.392 e. The Morgan fingerprint density at radius 3 is 2.57 bits per heavy atom. The van der Waals surface area contributed by atoms with Gasteiger partial charge < -0.3 is 9.84 Å². The smallest absolute Gasteiger partial charge is 0.264 e. The highest BCUT2D eigenvalue weighted by Gasteiger charge is 2.52. The van der Waals surface area contributed by atoms with Crippen LogP contribution in [0.25, 0.3) is 0 Å². The number of rotatable bonds is 6. The molecule has 1 heterocycles. The first-order valence-electron chi connectivity index (χ1n) is 6.95. The Hall–Kier alpha value is 0.0500. The van der Waals surface area contributed by atoms with E-state index in [2.05, 4.69) is 15.9 Å². The molecule has 1 aliphatic heterocycles. The molecule has 1 N–H and O–H groups in total. The normalized spacial score (nSPS) is 34.0. The van der Waals surface area contributed by atoms with Crippen molar-refractivity contribution >= 4 is 26.0 Å². The van der Waals surface area contributed by atoms with Crippen molar-refractivity contribution < 1.29 is 22.4 Å². The van der Waals surface area contributed by atoms with E-state index < -0.39 is 21.8 Å². The molecule has 1 rings (SSSR count). The Kier molecular flexibility index (Phi) is 6.44. The van der Waals surface area contributed by atoms with Gasteiger partial charge in [-0.3, -0.25) is 4.18 Å². The van der Waals surface area contributed by atoms with E-state index in [0.29, 0.717) is 6.61 Å². The van der Waals surface area contributed by atoms with Gasteiger partial charge >= 0.3 is 0 Å². The van der Waals surface area contributed by atoms with Crippen molar-refractivity contribution in [3.05, 3.63) is 11.6 Å². The number of hydrogen-bond acceptors (Lipinski definition) is 5. The fourth-order valence-electron chi connectivity index (χ4n) is 2.76. The maximum atomic E-state index is 11.6. The van der Waals surface area contributed by atoms with Crippen molar-refractivity contribution in [2.24, 2.45) is 11.8 Å². The van der Waals surface area contributed by atoms with Gasteiger partial charge in [0.1, 0.15) is 11.7 Å². The second kappa shape index (κ2) is 7.08. The summed E-state index contributed by atoms with van der Waals surface area (Å²) < 4.78 is 34.5. The molecule has 0 aromatic rings.